The topological polar surface area (TPSA) is 97.6 Å². The average molecular weight is 442 g/mol. The van der Waals surface area contributed by atoms with Crippen LogP contribution in [0.1, 0.15) is 28.9 Å². The molecule has 0 fully saturated rings. The first kappa shape index (κ1) is 21.8. The minimum atomic E-state index is -0.464. The maximum absolute atomic E-state index is 12.8. The molecular weight excluding hydrogens is 420 g/mol. The molecule has 4 aromatic rings. The molecule has 7 heteroatoms. The Hall–Kier alpha value is -4.39. The summed E-state index contributed by atoms with van der Waals surface area (Å²) in [5, 5.41) is 6.42. The van der Waals surface area contributed by atoms with Crippen molar-refractivity contribution in [1.82, 2.24) is 5.32 Å². The van der Waals surface area contributed by atoms with Crippen LogP contribution in [0.15, 0.2) is 94.1 Å². The van der Waals surface area contributed by atoms with Gasteiger partial charge >= 0.3 is 5.63 Å². The molecule has 1 aromatic heterocycles. The molecule has 0 spiro atoms. The number of ether oxygens (including phenoxy) is 1. The van der Waals surface area contributed by atoms with E-state index in [0.717, 1.165) is 10.9 Å². The van der Waals surface area contributed by atoms with E-state index in [1.807, 2.05) is 37.3 Å². The van der Waals surface area contributed by atoms with Gasteiger partial charge in [0.1, 0.15) is 11.3 Å². The van der Waals surface area contributed by atoms with E-state index >= 15 is 0 Å². The quantitative estimate of drug-likeness (QED) is 0.416. The van der Waals surface area contributed by atoms with E-state index in [9.17, 15) is 14.4 Å². The number of anilines is 1. The Morgan fingerprint density at radius 3 is 2.48 bits per heavy atom. The first-order valence-corrected chi connectivity index (χ1v) is 10.4. The molecule has 0 aliphatic carbocycles. The maximum Gasteiger partial charge on any atom is 0.336 e. The lowest BCUT2D eigenvalue weighted by Gasteiger charge is -2.16. The molecule has 1 heterocycles. The minimum Gasteiger partial charge on any atom is -0.484 e. The second-order valence-corrected chi connectivity index (χ2v) is 7.44. The van der Waals surface area contributed by atoms with Crippen molar-refractivity contribution in [3.05, 3.63) is 106 Å². The number of hydrogen-bond donors (Lipinski definition) is 2. The molecule has 0 bridgehead atoms. The zero-order valence-corrected chi connectivity index (χ0v) is 17.9. The molecule has 7 nitrogen and oxygen atoms in total. The van der Waals surface area contributed by atoms with Crippen molar-refractivity contribution in [2.24, 2.45) is 0 Å². The van der Waals surface area contributed by atoms with Gasteiger partial charge in [-0.1, -0.05) is 42.5 Å². The molecule has 0 aliphatic heterocycles. The molecule has 2 amide bonds. The molecule has 0 saturated carbocycles. The van der Waals surface area contributed by atoms with Crippen LogP contribution < -0.4 is 21.0 Å². The zero-order valence-electron chi connectivity index (χ0n) is 17.9. The largest absolute Gasteiger partial charge is 0.484 e. The Bertz CT molecular complexity index is 1350. The predicted octanol–water partition coefficient (Wildman–Crippen LogP) is 4.30. The van der Waals surface area contributed by atoms with Gasteiger partial charge in [-0.2, -0.15) is 0 Å². The van der Waals surface area contributed by atoms with Gasteiger partial charge in [-0.25, -0.2) is 4.79 Å². The van der Waals surface area contributed by atoms with Crippen LogP contribution in [-0.4, -0.2) is 18.4 Å². The maximum atomic E-state index is 12.8. The third-order valence-corrected chi connectivity index (χ3v) is 5.06. The summed E-state index contributed by atoms with van der Waals surface area (Å²) >= 11 is 0. The van der Waals surface area contributed by atoms with Gasteiger partial charge < -0.3 is 19.8 Å². The highest BCUT2D eigenvalue weighted by Crippen LogP contribution is 2.20. The van der Waals surface area contributed by atoms with Gasteiger partial charge in [0.05, 0.1) is 17.3 Å². The third-order valence-electron chi connectivity index (χ3n) is 5.06. The number of carbonyl (C=O) groups excluding carboxylic acids is 2. The number of benzene rings is 3. The van der Waals surface area contributed by atoms with Crippen LogP contribution in [0.2, 0.25) is 0 Å². The van der Waals surface area contributed by atoms with Crippen molar-refractivity contribution in [2.45, 2.75) is 13.0 Å². The molecule has 3 aromatic carbocycles. The second-order valence-electron chi connectivity index (χ2n) is 7.44. The predicted molar refractivity (Wildman–Crippen MR) is 125 cm³/mol. The number of hydrogen-bond acceptors (Lipinski definition) is 5. The minimum absolute atomic E-state index is 0.196. The average Bonchev–Trinajstić information content (AvgIpc) is 2.83. The lowest BCUT2D eigenvalue weighted by molar-refractivity contribution is -0.118. The van der Waals surface area contributed by atoms with Gasteiger partial charge in [0.25, 0.3) is 11.8 Å². The summed E-state index contributed by atoms with van der Waals surface area (Å²) in [5.74, 6) is -0.344. The van der Waals surface area contributed by atoms with Crippen LogP contribution in [0.4, 0.5) is 5.69 Å². The molecule has 0 saturated heterocycles. The van der Waals surface area contributed by atoms with Crippen molar-refractivity contribution in [2.75, 3.05) is 11.9 Å². The molecule has 2 N–H and O–H groups in total. The van der Waals surface area contributed by atoms with E-state index in [1.165, 1.54) is 6.07 Å². The Kier molecular flexibility index (Phi) is 6.50. The standard InChI is InChI=1S/C26H22N2O5/c1-17(18-7-3-2-4-8-18)27-26(31)21-9-5-6-10-22(21)28-24(29)16-32-20-13-11-19-12-14-25(30)33-23(19)15-20/h2-15,17H,16H2,1H3,(H,27,31)(H,28,29)/t17-/m1/s1. The Morgan fingerprint density at radius 1 is 0.939 bits per heavy atom. The van der Waals surface area contributed by atoms with E-state index in [-0.39, 0.29) is 18.6 Å². The van der Waals surface area contributed by atoms with Gasteiger partial charge in [-0.15, -0.1) is 0 Å². The van der Waals surface area contributed by atoms with Crippen LogP contribution in [0, 0.1) is 0 Å². The van der Waals surface area contributed by atoms with E-state index in [2.05, 4.69) is 10.6 Å². The number of rotatable bonds is 7. The Morgan fingerprint density at radius 2 is 1.67 bits per heavy atom. The van der Waals surface area contributed by atoms with Gasteiger partial charge in [0.2, 0.25) is 0 Å². The highest BCUT2D eigenvalue weighted by Gasteiger charge is 2.16. The molecule has 0 unspecified atom stereocenters. The SMILES string of the molecule is C[C@@H](NC(=O)c1ccccc1NC(=O)COc1ccc2ccc(=O)oc2c1)c1ccccc1. The van der Waals surface area contributed by atoms with E-state index in [1.54, 1.807) is 48.5 Å². The van der Waals surface area contributed by atoms with E-state index in [0.29, 0.717) is 22.6 Å². The first-order valence-electron chi connectivity index (χ1n) is 10.4. The molecule has 1 atom stereocenters. The summed E-state index contributed by atoms with van der Waals surface area (Å²) < 4.78 is 10.7. The number of carbonyl (C=O) groups is 2. The summed E-state index contributed by atoms with van der Waals surface area (Å²) in [4.78, 5) is 36.7. The lowest BCUT2D eigenvalue weighted by Crippen LogP contribution is -2.28. The second kappa shape index (κ2) is 9.82. The van der Waals surface area contributed by atoms with Gasteiger partial charge in [0.15, 0.2) is 6.61 Å². The zero-order chi connectivity index (χ0) is 23.2. The van der Waals surface area contributed by atoms with Crippen molar-refractivity contribution in [1.29, 1.82) is 0 Å². The van der Waals surface area contributed by atoms with Crippen LogP contribution >= 0.6 is 0 Å². The fraction of sp³-hybridized carbons (Fsp3) is 0.115. The summed E-state index contributed by atoms with van der Waals surface area (Å²) in [7, 11) is 0. The lowest BCUT2D eigenvalue weighted by atomic mass is 10.1. The summed E-state index contributed by atoms with van der Waals surface area (Å²) in [6, 6.07) is 24.2. The van der Waals surface area contributed by atoms with Crippen LogP contribution in [0.3, 0.4) is 0 Å². The van der Waals surface area contributed by atoms with Crippen molar-refractivity contribution in [3.8, 4) is 5.75 Å². The van der Waals surface area contributed by atoms with Crippen molar-refractivity contribution >= 4 is 28.5 Å². The van der Waals surface area contributed by atoms with Crippen LogP contribution in [0.5, 0.6) is 5.75 Å². The van der Waals surface area contributed by atoms with Crippen LogP contribution in [0.25, 0.3) is 11.0 Å². The monoisotopic (exact) mass is 442 g/mol. The molecule has 4 rings (SSSR count). The highest BCUT2D eigenvalue weighted by atomic mass is 16.5. The number of amides is 2. The summed E-state index contributed by atoms with van der Waals surface area (Å²) in [5.41, 5.74) is 1.62. The number of para-hydroxylation sites is 1. The van der Waals surface area contributed by atoms with E-state index in [4.69, 9.17) is 9.15 Å². The smallest absolute Gasteiger partial charge is 0.336 e. The molecule has 0 aliphatic rings. The molecule has 33 heavy (non-hydrogen) atoms. The fourth-order valence-electron chi connectivity index (χ4n) is 3.36. The number of fused-ring (bicyclic) bond motifs is 1. The molecule has 166 valence electrons. The van der Waals surface area contributed by atoms with Gasteiger partial charge in [0, 0.05) is 17.5 Å². The Balaban J connectivity index is 1.40. The first-order chi connectivity index (χ1) is 16.0. The molecule has 0 radical (unpaired) electrons. The Labute approximate surface area is 190 Å². The van der Waals surface area contributed by atoms with Gasteiger partial charge in [-0.05, 0) is 42.8 Å². The van der Waals surface area contributed by atoms with Crippen LogP contribution in [-0.2, 0) is 4.79 Å². The highest BCUT2D eigenvalue weighted by molar-refractivity contribution is 6.04. The molecular formula is C26H22N2O5. The number of nitrogens with one attached hydrogen (secondary N) is 2. The summed E-state index contributed by atoms with van der Waals surface area (Å²) in [6.45, 7) is 1.62. The summed E-state index contributed by atoms with van der Waals surface area (Å²) in [6.07, 6.45) is 0. The van der Waals surface area contributed by atoms with E-state index < -0.39 is 11.5 Å². The normalized spacial score (nSPS) is 11.5. The van der Waals surface area contributed by atoms with Crippen molar-refractivity contribution < 1.29 is 18.7 Å². The van der Waals surface area contributed by atoms with Gasteiger partial charge in [-0.3, -0.25) is 9.59 Å². The fourth-order valence-corrected chi connectivity index (χ4v) is 3.36. The van der Waals surface area contributed by atoms with Crippen molar-refractivity contribution in [3.63, 3.8) is 0 Å². The third kappa shape index (κ3) is 5.46.